The molecule has 5 N–H and O–H groups in total. The molecular formula is C53H59F4N9O8S. The van der Waals surface area contributed by atoms with Crippen LogP contribution in [0.1, 0.15) is 29.1 Å². The first-order valence-corrected chi connectivity index (χ1v) is 25.8. The second-order valence-corrected chi connectivity index (χ2v) is 20.2. The smallest absolute Gasteiger partial charge is 0.406 e. The molecule has 0 unspecified atom stereocenters. The number of benzene rings is 4. The van der Waals surface area contributed by atoms with Gasteiger partial charge < -0.3 is 59.2 Å². The van der Waals surface area contributed by atoms with Crippen LogP contribution in [-0.4, -0.2) is 136 Å². The van der Waals surface area contributed by atoms with Crippen LogP contribution in [0.4, 0.5) is 34.6 Å². The highest BCUT2D eigenvalue weighted by atomic mass is 32.2. The molecule has 0 radical (unpaired) electrons. The van der Waals surface area contributed by atoms with E-state index in [4.69, 9.17) is 29.2 Å². The Morgan fingerprint density at radius 1 is 0.973 bits per heavy atom. The third kappa shape index (κ3) is 13.7. The van der Waals surface area contributed by atoms with Gasteiger partial charge in [-0.3, -0.25) is 4.79 Å². The molecule has 22 heteroatoms. The Bertz CT molecular complexity index is 3290. The van der Waals surface area contributed by atoms with E-state index in [0.717, 1.165) is 32.5 Å². The van der Waals surface area contributed by atoms with Crippen LogP contribution in [0.2, 0.25) is 0 Å². The first-order valence-electron chi connectivity index (χ1n) is 24.2. The topological polar surface area (TPSA) is 202 Å². The molecule has 2 atom stereocenters. The van der Waals surface area contributed by atoms with E-state index in [0.29, 0.717) is 64.5 Å². The van der Waals surface area contributed by atoms with E-state index in [1.165, 1.54) is 25.3 Å². The molecule has 1 amide bonds. The first kappa shape index (κ1) is 54.0. The van der Waals surface area contributed by atoms with Crippen LogP contribution in [0.25, 0.3) is 33.1 Å². The zero-order valence-corrected chi connectivity index (χ0v) is 42.7. The summed E-state index contributed by atoms with van der Waals surface area (Å²) < 4.78 is 113. The normalized spacial score (nSPS) is 15.2. The van der Waals surface area contributed by atoms with Crippen LogP contribution in [0.5, 0.6) is 11.5 Å². The van der Waals surface area contributed by atoms with Crippen LogP contribution < -0.4 is 31.2 Å². The Labute approximate surface area is 431 Å². The number of rotatable bonds is 22. The predicted octanol–water partition coefficient (Wildman–Crippen LogP) is 7.38. The molecule has 1 aliphatic rings. The van der Waals surface area contributed by atoms with E-state index in [-0.39, 0.29) is 80.7 Å². The average molecular weight is 1060 g/mol. The first-order chi connectivity index (χ1) is 36.0. The number of nitrogens with two attached hydrogens (primary N) is 1. The van der Waals surface area contributed by atoms with Crippen molar-refractivity contribution in [2.24, 2.45) is 0 Å². The summed E-state index contributed by atoms with van der Waals surface area (Å²) in [7, 11) is -0.568. The molecule has 0 spiro atoms. The Balaban J connectivity index is 0.742. The number of aryl methyl sites for hydroxylation is 2. The zero-order valence-electron chi connectivity index (χ0n) is 41.9. The molecule has 1 saturated heterocycles. The van der Waals surface area contributed by atoms with Gasteiger partial charge in [0.1, 0.15) is 35.5 Å². The van der Waals surface area contributed by atoms with Crippen molar-refractivity contribution in [1.82, 2.24) is 29.5 Å². The molecule has 0 aliphatic carbocycles. The van der Waals surface area contributed by atoms with Gasteiger partial charge in [-0.05, 0) is 99.0 Å². The van der Waals surface area contributed by atoms with Crippen molar-refractivity contribution in [2.75, 3.05) is 95.5 Å². The van der Waals surface area contributed by atoms with Gasteiger partial charge in [0.25, 0.3) is 5.91 Å². The molecule has 8 rings (SSSR count). The standard InChI is InChI=1S/C53H59F4N9O8S/c1-34-51(35(2)74-63-34)37-25-43(58)52-48(26-37)65(33-61-52)29-36-8-5-10-39(24-36)73-31-50(67)60-17-19-71-20-21-72-22-23-75(68,69)40-13-14-46(49(28-40)70-4)59-16-7-9-38-27-41-44(62-45-15-18-64(3)30-42(45)54)11-6-12-47(41)66(38)32-53(55,56)57/h5-6,8,10-14,24-28,33,42,45,59,62H,15-23,29-32,58H2,1-4H3,(H,60,67)/t42-,45+/m0/s1. The molecule has 398 valence electrons. The predicted molar refractivity (Wildman–Crippen MR) is 278 cm³/mol. The number of nitrogens with one attached hydrogen (secondary N) is 3. The van der Waals surface area contributed by atoms with Gasteiger partial charge in [0, 0.05) is 48.9 Å². The van der Waals surface area contributed by atoms with Crippen molar-refractivity contribution in [2.45, 2.75) is 56.6 Å². The van der Waals surface area contributed by atoms with Gasteiger partial charge in [0.2, 0.25) is 0 Å². The molecule has 75 heavy (non-hydrogen) atoms. The van der Waals surface area contributed by atoms with Gasteiger partial charge in [-0.25, -0.2) is 17.8 Å². The van der Waals surface area contributed by atoms with Crippen LogP contribution >= 0.6 is 0 Å². The van der Waals surface area contributed by atoms with Gasteiger partial charge >= 0.3 is 6.18 Å². The van der Waals surface area contributed by atoms with Gasteiger partial charge in [-0.2, -0.15) is 13.2 Å². The van der Waals surface area contributed by atoms with Crippen LogP contribution in [-0.2, 0) is 37.2 Å². The maximum Gasteiger partial charge on any atom is 0.406 e. The third-order valence-electron chi connectivity index (χ3n) is 12.6. The lowest BCUT2D eigenvalue weighted by Crippen LogP contribution is -2.46. The number of piperidine rings is 1. The van der Waals surface area contributed by atoms with E-state index in [9.17, 15) is 30.8 Å². The van der Waals surface area contributed by atoms with Gasteiger partial charge in [0.15, 0.2) is 16.4 Å². The fourth-order valence-electron chi connectivity index (χ4n) is 8.92. The van der Waals surface area contributed by atoms with Crippen molar-refractivity contribution in [1.29, 1.82) is 0 Å². The summed E-state index contributed by atoms with van der Waals surface area (Å²) in [5, 5.41) is 13.6. The number of likely N-dealkylation sites (tertiary alicyclic amines) is 1. The number of anilines is 3. The molecular weight excluding hydrogens is 999 g/mol. The summed E-state index contributed by atoms with van der Waals surface area (Å²) in [5.41, 5.74) is 13.3. The van der Waals surface area contributed by atoms with Crippen molar-refractivity contribution in [3.63, 3.8) is 0 Å². The second kappa shape index (κ2) is 23.9. The minimum atomic E-state index is -4.53. The van der Waals surface area contributed by atoms with Gasteiger partial charge in [-0.1, -0.05) is 29.3 Å². The fourth-order valence-corrected chi connectivity index (χ4v) is 10.1. The quantitative estimate of drug-likeness (QED) is 0.0227. The fraction of sp³-hybridized carbons (Fsp3) is 0.377. The molecule has 4 aromatic carbocycles. The number of carbonyl (C=O) groups excluding carboxylic acids is 1. The maximum atomic E-state index is 14.9. The largest absolute Gasteiger partial charge is 0.495 e. The van der Waals surface area contributed by atoms with Crippen molar-refractivity contribution >= 4 is 54.7 Å². The summed E-state index contributed by atoms with van der Waals surface area (Å²) in [6.07, 6.45) is -3.40. The highest BCUT2D eigenvalue weighted by Crippen LogP contribution is 2.35. The molecule has 1 fully saturated rings. The molecule has 1 aliphatic heterocycles. The zero-order chi connectivity index (χ0) is 53.3. The number of ether oxygens (including phenoxy) is 4. The van der Waals surface area contributed by atoms with E-state index >= 15 is 0 Å². The summed E-state index contributed by atoms with van der Waals surface area (Å²) >= 11 is 0. The number of methoxy groups -OCH3 is 1. The second-order valence-electron chi connectivity index (χ2n) is 18.1. The number of hydrogen-bond acceptors (Lipinski definition) is 14. The molecule has 7 aromatic rings. The summed E-state index contributed by atoms with van der Waals surface area (Å²) in [6, 6.07) is 21.6. The minimum absolute atomic E-state index is 0.00184. The number of sulfone groups is 1. The van der Waals surface area contributed by atoms with E-state index in [1.807, 2.05) is 60.7 Å². The number of fused-ring (bicyclic) bond motifs is 2. The Hall–Kier alpha value is -7.32. The van der Waals surface area contributed by atoms with Crippen molar-refractivity contribution in [3.8, 4) is 34.5 Å². The highest BCUT2D eigenvalue weighted by molar-refractivity contribution is 7.91. The lowest BCUT2D eigenvalue weighted by atomic mass is 10.0. The molecule has 0 saturated carbocycles. The monoisotopic (exact) mass is 1060 g/mol. The number of halogens is 4. The maximum absolute atomic E-state index is 14.9. The van der Waals surface area contributed by atoms with E-state index in [2.05, 4.69) is 37.9 Å². The SMILES string of the molecule is COc1cc(S(=O)(=O)CCOCCOCCNC(=O)COc2cccc(Cn3cnc4c(N)cc(-c5c(C)noc5C)cc43)c2)ccc1NCC#Cc1cc2c(N[C@@H]3CCN(C)C[C@@H]3F)cccc2n1CC(F)(F)F. The van der Waals surface area contributed by atoms with E-state index in [1.54, 1.807) is 36.7 Å². The van der Waals surface area contributed by atoms with Crippen molar-refractivity contribution < 1.29 is 54.2 Å². The van der Waals surface area contributed by atoms with Gasteiger partial charge in [-0.15, -0.1) is 0 Å². The number of carbonyl (C=O) groups is 1. The number of alkyl halides is 4. The minimum Gasteiger partial charge on any atom is -0.495 e. The Morgan fingerprint density at radius 3 is 2.53 bits per heavy atom. The third-order valence-corrected chi connectivity index (χ3v) is 14.3. The Kier molecular flexibility index (Phi) is 17.2. The number of imidazole rings is 1. The van der Waals surface area contributed by atoms with Crippen molar-refractivity contribution in [3.05, 3.63) is 108 Å². The van der Waals surface area contributed by atoms with Crippen LogP contribution in [0, 0.1) is 25.7 Å². The highest BCUT2D eigenvalue weighted by Gasteiger charge is 2.31. The van der Waals surface area contributed by atoms with E-state index < -0.39 is 34.8 Å². The lowest BCUT2D eigenvalue weighted by Gasteiger charge is -2.33. The van der Waals surface area contributed by atoms with Gasteiger partial charge in [0.05, 0.1) is 96.9 Å². The summed E-state index contributed by atoms with van der Waals surface area (Å²) in [6.45, 7) is 4.27. The van der Waals surface area contributed by atoms with Crippen LogP contribution in [0.3, 0.4) is 0 Å². The molecule has 3 aromatic heterocycles. The molecule has 4 heterocycles. The average Bonchev–Trinajstić information content (AvgIpc) is 4.06. The van der Waals surface area contributed by atoms with Crippen LogP contribution in [0.15, 0.2) is 94.6 Å². The summed E-state index contributed by atoms with van der Waals surface area (Å²) in [5.74, 6) is 6.50. The number of hydrogen-bond donors (Lipinski definition) is 4. The number of aromatic nitrogens is 4. The lowest BCUT2D eigenvalue weighted by molar-refractivity contribution is -0.140. The number of amides is 1. The molecule has 17 nitrogen and oxygen atoms in total. The number of nitrogens with zero attached hydrogens (tertiary/aromatic N) is 5. The number of nitrogen functional groups attached to an aromatic ring is 1. The molecule has 0 bridgehead atoms. The Morgan fingerprint density at radius 2 is 1.77 bits per heavy atom. The summed E-state index contributed by atoms with van der Waals surface area (Å²) in [4.78, 5) is 19.0.